The molecule has 0 aromatic heterocycles. The molecule has 1 N–H and O–H groups in total. The number of carbonyl (C=O) groups is 1. The van der Waals surface area contributed by atoms with E-state index >= 15 is 0 Å². The summed E-state index contributed by atoms with van der Waals surface area (Å²) in [6.45, 7) is 2.78. The van der Waals surface area contributed by atoms with Crippen molar-refractivity contribution < 1.29 is 19.2 Å². The van der Waals surface area contributed by atoms with E-state index in [0.29, 0.717) is 28.9 Å². The highest BCUT2D eigenvalue weighted by Gasteiger charge is 2.29. The molecule has 0 aliphatic carbocycles. The molecule has 31 heavy (non-hydrogen) atoms. The zero-order valence-electron chi connectivity index (χ0n) is 16.9. The van der Waals surface area contributed by atoms with E-state index in [0.717, 1.165) is 21.1 Å². The van der Waals surface area contributed by atoms with Crippen molar-refractivity contribution in [3.63, 3.8) is 0 Å². The third-order valence-electron chi connectivity index (χ3n) is 4.50. The summed E-state index contributed by atoms with van der Waals surface area (Å²) in [7, 11) is 1.54. The van der Waals surface area contributed by atoms with E-state index in [4.69, 9.17) is 21.7 Å². The molecule has 0 atom stereocenters. The van der Waals surface area contributed by atoms with E-state index in [2.05, 4.69) is 27.9 Å². The monoisotopic (exact) mass is 553 g/mol. The predicted octanol–water partition coefficient (Wildman–Crippen LogP) is 4.25. The lowest BCUT2D eigenvalue weighted by atomic mass is 10.1. The van der Waals surface area contributed by atoms with Gasteiger partial charge in [0.15, 0.2) is 16.6 Å². The number of amides is 1. The maximum absolute atomic E-state index is 12.5. The van der Waals surface area contributed by atoms with Crippen LogP contribution in [-0.2, 0) is 11.4 Å². The summed E-state index contributed by atoms with van der Waals surface area (Å²) < 4.78 is 12.2. The third-order valence-corrected chi connectivity index (χ3v) is 5.63. The summed E-state index contributed by atoms with van der Waals surface area (Å²) in [5.41, 5.74) is 2.00. The van der Waals surface area contributed by atoms with Gasteiger partial charge in [0.25, 0.3) is 11.6 Å². The number of rotatable bonds is 8. The summed E-state index contributed by atoms with van der Waals surface area (Å²) in [6.07, 6.45) is 2.54. The molecule has 1 fully saturated rings. The first-order chi connectivity index (χ1) is 14.8. The summed E-state index contributed by atoms with van der Waals surface area (Å²) in [4.78, 5) is 24.4. The van der Waals surface area contributed by atoms with Gasteiger partial charge >= 0.3 is 0 Å². The molecule has 0 radical (unpaired) electrons. The molecule has 1 amide bonds. The van der Waals surface area contributed by atoms with Crippen LogP contribution in [0.2, 0.25) is 0 Å². The average molecular weight is 553 g/mol. The maximum Gasteiger partial charge on any atom is 0.276 e. The molecule has 1 heterocycles. The van der Waals surface area contributed by atoms with Crippen molar-refractivity contribution >= 4 is 57.6 Å². The second-order valence-electron chi connectivity index (χ2n) is 6.69. The van der Waals surface area contributed by atoms with Crippen molar-refractivity contribution in [2.75, 3.05) is 13.7 Å². The number of nitro groups is 1. The molecule has 1 aliphatic rings. The minimum absolute atomic E-state index is 0.0281. The van der Waals surface area contributed by atoms with E-state index in [1.54, 1.807) is 29.2 Å². The Hall–Kier alpha value is -2.73. The average Bonchev–Trinajstić information content (AvgIpc) is 3.00. The Balaban J connectivity index is 1.79. The molecule has 1 aliphatic heterocycles. The summed E-state index contributed by atoms with van der Waals surface area (Å²) >= 11 is 7.38. The smallest absolute Gasteiger partial charge is 0.276 e. The molecule has 8 nitrogen and oxygen atoms in total. The highest BCUT2D eigenvalue weighted by atomic mass is 127. The fourth-order valence-electron chi connectivity index (χ4n) is 3.00. The zero-order valence-corrected chi connectivity index (χ0v) is 19.9. The maximum atomic E-state index is 12.5. The lowest BCUT2D eigenvalue weighted by Gasteiger charge is -2.14. The van der Waals surface area contributed by atoms with Crippen molar-refractivity contribution in [2.45, 2.75) is 20.0 Å². The van der Waals surface area contributed by atoms with Crippen LogP contribution in [-0.4, -0.2) is 34.5 Å². The van der Waals surface area contributed by atoms with Crippen molar-refractivity contribution in [3.05, 3.63) is 66.9 Å². The van der Waals surface area contributed by atoms with Crippen LogP contribution in [0.3, 0.4) is 0 Å². The predicted molar refractivity (Wildman–Crippen MR) is 129 cm³/mol. The van der Waals surface area contributed by atoms with Crippen LogP contribution in [0.25, 0.3) is 6.08 Å². The van der Waals surface area contributed by atoms with Crippen LogP contribution < -0.4 is 14.8 Å². The molecule has 2 aromatic carbocycles. The molecule has 3 rings (SSSR count). The van der Waals surface area contributed by atoms with E-state index in [1.807, 2.05) is 13.0 Å². The van der Waals surface area contributed by atoms with Crippen molar-refractivity contribution in [2.24, 2.45) is 0 Å². The first kappa shape index (κ1) is 22.9. The van der Waals surface area contributed by atoms with Crippen molar-refractivity contribution in [1.29, 1.82) is 0 Å². The Bertz CT molecular complexity index is 1060. The van der Waals surface area contributed by atoms with Crippen LogP contribution in [0.1, 0.15) is 24.5 Å². The van der Waals surface area contributed by atoms with Gasteiger partial charge in [-0.25, -0.2) is 0 Å². The van der Waals surface area contributed by atoms with Crippen molar-refractivity contribution in [3.8, 4) is 11.5 Å². The number of nitro benzene ring substituents is 1. The molecule has 0 saturated carbocycles. The Labute approximate surface area is 198 Å². The molecule has 2 aromatic rings. The summed E-state index contributed by atoms with van der Waals surface area (Å²) in [6, 6.07) is 9.84. The fourth-order valence-corrected chi connectivity index (χ4v) is 4.06. The van der Waals surface area contributed by atoms with Crippen LogP contribution in [0.15, 0.2) is 42.1 Å². The van der Waals surface area contributed by atoms with E-state index in [1.165, 1.54) is 19.2 Å². The fraction of sp³-hybridized carbons (Fsp3) is 0.238. The Morgan fingerprint density at radius 2 is 2.00 bits per heavy atom. The molecular formula is C21H20IN3O5S. The number of hydrogen-bond acceptors (Lipinski definition) is 6. The topological polar surface area (TPSA) is 93.9 Å². The number of hydrogen-bond donors (Lipinski definition) is 1. The van der Waals surface area contributed by atoms with Gasteiger partial charge in [0.2, 0.25) is 0 Å². The number of halogens is 1. The van der Waals surface area contributed by atoms with Crippen LogP contribution in [0.5, 0.6) is 11.5 Å². The van der Waals surface area contributed by atoms with Crippen LogP contribution in [0.4, 0.5) is 5.69 Å². The van der Waals surface area contributed by atoms with Gasteiger partial charge < -0.3 is 14.8 Å². The van der Waals surface area contributed by atoms with Gasteiger partial charge in [-0.05, 0) is 82.7 Å². The molecule has 10 heteroatoms. The van der Waals surface area contributed by atoms with E-state index in [-0.39, 0.29) is 18.2 Å². The second kappa shape index (κ2) is 10.1. The number of methoxy groups -OCH3 is 1. The van der Waals surface area contributed by atoms with Crippen LogP contribution >= 0.6 is 34.8 Å². The third kappa shape index (κ3) is 5.31. The first-order valence-corrected chi connectivity index (χ1v) is 10.9. The van der Waals surface area contributed by atoms with Gasteiger partial charge in [-0.1, -0.05) is 6.92 Å². The number of non-ortho nitro benzene ring substituents is 1. The normalized spacial score (nSPS) is 14.7. The Morgan fingerprint density at radius 1 is 1.29 bits per heavy atom. The number of thiocarbonyl (C=S) groups is 1. The molecule has 0 unspecified atom stereocenters. The number of carbonyl (C=O) groups excluding carboxylic acids is 1. The lowest BCUT2D eigenvalue weighted by Crippen LogP contribution is -2.31. The molecular weight excluding hydrogens is 533 g/mol. The van der Waals surface area contributed by atoms with Gasteiger partial charge in [0.1, 0.15) is 12.3 Å². The lowest BCUT2D eigenvalue weighted by molar-refractivity contribution is -0.384. The minimum Gasteiger partial charge on any atom is -0.493 e. The second-order valence-corrected chi connectivity index (χ2v) is 8.24. The summed E-state index contributed by atoms with van der Waals surface area (Å²) in [5, 5.41) is 14.2. The quantitative estimate of drug-likeness (QED) is 0.172. The van der Waals surface area contributed by atoms with E-state index < -0.39 is 4.92 Å². The Kier molecular flexibility index (Phi) is 7.44. The van der Waals surface area contributed by atoms with Gasteiger partial charge in [-0.3, -0.25) is 19.8 Å². The van der Waals surface area contributed by atoms with Crippen molar-refractivity contribution in [1.82, 2.24) is 10.2 Å². The van der Waals surface area contributed by atoms with Gasteiger partial charge in [0, 0.05) is 18.7 Å². The van der Waals surface area contributed by atoms with E-state index in [9.17, 15) is 14.9 Å². The number of nitrogens with zero attached hydrogens (tertiary/aromatic N) is 2. The first-order valence-electron chi connectivity index (χ1n) is 9.42. The number of benzene rings is 2. The highest BCUT2D eigenvalue weighted by Crippen LogP contribution is 2.35. The molecule has 1 saturated heterocycles. The molecule has 0 spiro atoms. The van der Waals surface area contributed by atoms with Gasteiger partial charge in [-0.2, -0.15) is 0 Å². The SMILES string of the molecule is CCCN1C(=O)/C(=C/c2cc(I)c(OCc3ccc([N+](=O)[O-])cc3)c(OC)c2)NC1=S. The number of ether oxygens (including phenoxy) is 2. The molecule has 0 bridgehead atoms. The summed E-state index contributed by atoms with van der Waals surface area (Å²) in [5.74, 6) is 0.913. The Morgan fingerprint density at radius 3 is 2.61 bits per heavy atom. The largest absolute Gasteiger partial charge is 0.493 e. The van der Waals surface area contributed by atoms with Crippen LogP contribution in [0, 0.1) is 13.7 Å². The molecule has 162 valence electrons. The minimum atomic E-state index is -0.443. The van der Waals surface area contributed by atoms with Gasteiger partial charge in [0.05, 0.1) is 15.6 Å². The van der Waals surface area contributed by atoms with Gasteiger partial charge in [-0.15, -0.1) is 0 Å². The standard InChI is InChI=1S/C21H20IN3O5S/c1-3-8-24-20(26)17(23-21(24)31)10-14-9-16(22)19(18(11-14)29-2)30-12-13-4-6-15(7-5-13)25(27)28/h4-7,9-11H,3,8,12H2,1-2H3,(H,23,31)/b17-10-. The highest BCUT2D eigenvalue weighted by molar-refractivity contribution is 14.1. The zero-order chi connectivity index (χ0) is 22.5. The number of nitrogens with one attached hydrogen (secondary N) is 1.